The van der Waals surface area contributed by atoms with Crippen LogP contribution in [0.25, 0.3) is 0 Å². The van der Waals surface area contributed by atoms with Gasteiger partial charge in [0.15, 0.2) is 16.1 Å². The minimum Gasteiger partial charge on any atom is -0.0623 e. The summed E-state index contributed by atoms with van der Waals surface area (Å²) in [6.07, 6.45) is 5.16. The first-order valence-electron chi connectivity index (χ1n) is 14.6. The van der Waals surface area contributed by atoms with Crippen LogP contribution in [0.15, 0.2) is 205 Å². The van der Waals surface area contributed by atoms with Crippen LogP contribution in [-0.2, 0) is 0 Å². The maximum atomic E-state index is 2.58. The number of hydrogen-bond donors (Lipinski definition) is 0. The fourth-order valence-corrected chi connectivity index (χ4v) is 16.8. The summed E-state index contributed by atoms with van der Waals surface area (Å²) in [5, 5.41) is 11.4. The van der Waals surface area contributed by atoms with Crippen molar-refractivity contribution in [3.8, 4) is 0 Å². The Bertz CT molecular complexity index is 1490. The Labute approximate surface area is 251 Å². The number of benzene rings is 6. The van der Waals surface area contributed by atoms with Gasteiger partial charge in [0.1, 0.15) is 0 Å². The third-order valence-corrected chi connectivity index (χ3v) is 18.2. The molecule has 0 spiro atoms. The first-order valence-corrected chi connectivity index (χ1v) is 18.6. The van der Waals surface area contributed by atoms with Gasteiger partial charge in [0.2, 0.25) is 0 Å². The molecule has 0 atom stereocenters. The first kappa shape index (κ1) is 26.2. The summed E-state index contributed by atoms with van der Waals surface area (Å²) in [5.74, 6) is 0. The summed E-state index contributed by atoms with van der Waals surface area (Å²) in [4.78, 5) is 0. The zero-order valence-corrected chi connectivity index (χ0v) is 25.5. The van der Waals surface area contributed by atoms with Crippen LogP contribution in [-0.4, -0.2) is 16.1 Å². The van der Waals surface area contributed by atoms with Gasteiger partial charge in [-0.1, -0.05) is 194 Å². The topological polar surface area (TPSA) is 0 Å². The van der Waals surface area contributed by atoms with Crippen LogP contribution in [0.2, 0.25) is 0 Å². The van der Waals surface area contributed by atoms with E-state index in [0.717, 1.165) is 0 Å². The van der Waals surface area contributed by atoms with Crippen molar-refractivity contribution in [2.24, 2.45) is 0 Å². The zero-order chi connectivity index (χ0) is 28.2. The van der Waals surface area contributed by atoms with Crippen molar-refractivity contribution in [2.45, 2.75) is 0 Å². The zero-order valence-electron chi connectivity index (χ0n) is 23.5. The lowest BCUT2D eigenvalue weighted by atomic mass is 10.3. The van der Waals surface area contributed by atoms with Gasteiger partial charge in [-0.3, -0.25) is 0 Å². The molecule has 0 aromatic heterocycles. The quantitative estimate of drug-likeness (QED) is 0.173. The van der Waals surface area contributed by atoms with Crippen LogP contribution >= 0.6 is 0 Å². The lowest BCUT2D eigenvalue weighted by Crippen LogP contribution is -2.72. The van der Waals surface area contributed by atoms with Crippen LogP contribution in [0.1, 0.15) is 0 Å². The molecular weight excluding hydrogens is 537 g/mol. The standard InChI is InChI=1S/C40H32Si2/c1-7-19-33(20-8-1)41(34-21-9-2-10-22-34,35-23-11-3-12-24-35)39-31-40(32-39)42(36-25-13-4-14-26-36,37-27-15-5-16-28-37)38-29-17-6-18-30-38/h1-32H. The van der Waals surface area contributed by atoms with E-state index in [-0.39, 0.29) is 0 Å². The third kappa shape index (κ3) is 4.19. The monoisotopic (exact) mass is 568 g/mol. The smallest absolute Gasteiger partial charge is 0.0623 e. The third-order valence-electron chi connectivity index (χ3n) is 8.73. The Morgan fingerprint density at radius 3 is 0.548 bits per heavy atom. The fraction of sp³-hybridized carbons (Fsp3) is 0. The second-order valence-corrected chi connectivity index (χ2v) is 18.5. The van der Waals surface area contributed by atoms with Crippen LogP contribution in [0.3, 0.4) is 0 Å². The van der Waals surface area contributed by atoms with Crippen molar-refractivity contribution in [1.82, 2.24) is 0 Å². The average Bonchev–Trinajstić information content (AvgIpc) is 3.07. The lowest BCUT2D eigenvalue weighted by molar-refractivity contribution is 1.54. The molecule has 0 N–H and O–H groups in total. The molecule has 42 heavy (non-hydrogen) atoms. The van der Waals surface area contributed by atoms with Gasteiger partial charge in [0, 0.05) is 0 Å². The molecule has 0 heterocycles. The highest BCUT2D eigenvalue weighted by Gasteiger charge is 2.49. The Kier molecular flexibility index (Phi) is 7.00. The van der Waals surface area contributed by atoms with E-state index in [1.807, 2.05) is 0 Å². The Balaban J connectivity index is 1.51. The second kappa shape index (κ2) is 11.2. The van der Waals surface area contributed by atoms with Crippen LogP contribution in [0.4, 0.5) is 0 Å². The highest BCUT2D eigenvalue weighted by molar-refractivity contribution is 7.19. The number of rotatable bonds is 8. The highest BCUT2D eigenvalue weighted by Crippen LogP contribution is 2.33. The number of allylic oxidation sites excluding steroid dienone is 4. The second-order valence-electron chi connectivity index (χ2n) is 10.9. The van der Waals surface area contributed by atoms with Crippen molar-refractivity contribution in [2.75, 3.05) is 0 Å². The molecule has 2 heteroatoms. The molecule has 200 valence electrons. The average molecular weight is 569 g/mol. The van der Waals surface area contributed by atoms with E-state index in [2.05, 4.69) is 194 Å². The molecule has 0 bridgehead atoms. The molecule has 7 rings (SSSR count). The van der Waals surface area contributed by atoms with Gasteiger partial charge in [-0.05, 0) is 41.5 Å². The normalized spacial score (nSPS) is 13.0. The van der Waals surface area contributed by atoms with Crippen molar-refractivity contribution >= 4 is 47.3 Å². The summed E-state index contributed by atoms with van der Waals surface area (Å²) in [5.41, 5.74) is 0. The van der Waals surface area contributed by atoms with E-state index in [0.29, 0.717) is 0 Å². The summed E-state index contributed by atoms with van der Waals surface area (Å²) >= 11 is 0. The molecule has 0 nitrogen and oxygen atoms in total. The Morgan fingerprint density at radius 1 is 0.214 bits per heavy atom. The predicted octanol–water partition coefficient (Wildman–Crippen LogP) is 5.27. The molecule has 0 radical (unpaired) electrons. The van der Waals surface area contributed by atoms with Crippen molar-refractivity contribution in [3.05, 3.63) is 205 Å². The molecule has 6 aromatic rings. The van der Waals surface area contributed by atoms with Gasteiger partial charge in [-0.2, -0.15) is 0 Å². The lowest BCUT2D eigenvalue weighted by Gasteiger charge is -2.43. The summed E-state index contributed by atoms with van der Waals surface area (Å²) < 4.78 is 0. The van der Waals surface area contributed by atoms with E-state index < -0.39 is 16.1 Å². The van der Waals surface area contributed by atoms with Crippen molar-refractivity contribution in [1.29, 1.82) is 0 Å². The maximum absolute atomic E-state index is 2.58. The summed E-state index contributed by atoms with van der Waals surface area (Å²) in [6, 6.07) is 67.3. The molecule has 1 aliphatic rings. The molecule has 0 amide bonds. The molecule has 1 aliphatic carbocycles. The van der Waals surface area contributed by atoms with E-state index >= 15 is 0 Å². The van der Waals surface area contributed by atoms with Crippen molar-refractivity contribution in [3.63, 3.8) is 0 Å². The van der Waals surface area contributed by atoms with Gasteiger partial charge in [0.25, 0.3) is 0 Å². The molecule has 0 unspecified atom stereocenters. The summed E-state index contributed by atoms with van der Waals surface area (Å²) in [6.45, 7) is 0. The Hall–Kier alpha value is -4.77. The van der Waals surface area contributed by atoms with Crippen LogP contribution in [0.5, 0.6) is 0 Å². The van der Waals surface area contributed by atoms with E-state index in [9.17, 15) is 0 Å². The molecule has 0 fully saturated rings. The van der Waals surface area contributed by atoms with Crippen molar-refractivity contribution < 1.29 is 0 Å². The van der Waals surface area contributed by atoms with Gasteiger partial charge < -0.3 is 0 Å². The van der Waals surface area contributed by atoms with Gasteiger partial charge in [-0.15, -0.1) is 0 Å². The SMILES string of the molecule is C1=C([Si](c2ccccc2)(c2ccccc2)c2ccccc2)C=C1[Si](c1ccccc1)(c1ccccc1)c1ccccc1. The minimum absolute atomic E-state index is 1.41. The van der Waals surface area contributed by atoms with Gasteiger partial charge >= 0.3 is 0 Å². The predicted molar refractivity (Wildman–Crippen MR) is 184 cm³/mol. The molecular formula is C40H32Si2. The Morgan fingerprint density at radius 2 is 0.381 bits per heavy atom. The van der Waals surface area contributed by atoms with Gasteiger partial charge in [0.05, 0.1) is 0 Å². The van der Waals surface area contributed by atoms with E-state index in [1.165, 1.54) is 41.5 Å². The molecule has 6 aromatic carbocycles. The van der Waals surface area contributed by atoms with Gasteiger partial charge in [-0.25, -0.2) is 0 Å². The molecule has 0 saturated heterocycles. The first-order chi connectivity index (χ1) is 20.8. The van der Waals surface area contributed by atoms with Crippen LogP contribution in [0, 0.1) is 0 Å². The number of hydrogen-bond acceptors (Lipinski definition) is 0. The minimum atomic E-state index is -2.56. The largest absolute Gasteiger partial charge is 0.179 e. The van der Waals surface area contributed by atoms with Crippen LogP contribution < -0.4 is 31.1 Å². The van der Waals surface area contributed by atoms with E-state index in [4.69, 9.17) is 0 Å². The highest BCUT2D eigenvalue weighted by atomic mass is 28.3. The molecule has 0 saturated carbocycles. The summed E-state index contributed by atoms with van der Waals surface area (Å²) in [7, 11) is -5.11. The molecule has 0 aliphatic heterocycles. The maximum Gasteiger partial charge on any atom is 0.179 e. The fourth-order valence-electron chi connectivity index (χ4n) is 6.88. The van der Waals surface area contributed by atoms with E-state index in [1.54, 1.807) is 0 Å².